The minimum Gasteiger partial charge on any atom is -0.374 e. The second kappa shape index (κ2) is 6.72. The Morgan fingerprint density at radius 3 is 2.53 bits per heavy atom. The van der Waals surface area contributed by atoms with Crippen molar-refractivity contribution < 1.29 is 4.74 Å². The van der Waals surface area contributed by atoms with Gasteiger partial charge in [-0.1, -0.05) is 0 Å². The fourth-order valence-corrected chi connectivity index (χ4v) is 3.11. The van der Waals surface area contributed by atoms with Gasteiger partial charge in [-0.25, -0.2) is 0 Å². The Kier molecular flexibility index (Phi) is 5.26. The first-order valence-electron chi connectivity index (χ1n) is 7.30. The van der Waals surface area contributed by atoms with E-state index in [0.29, 0.717) is 12.2 Å². The number of nitrogens with one attached hydrogen (secondary N) is 1. The van der Waals surface area contributed by atoms with E-state index in [9.17, 15) is 0 Å². The number of hydrogen-bond acceptors (Lipinski definition) is 3. The Morgan fingerprint density at radius 1 is 1.18 bits per heavy atom. The van der Waals surface area contributed by atoms with Gasteiger partial charge >= 0.3 is 0 Å². The molecule has 3 heteroatoms. The van der Waals surface area contributed by atoms with Gasteiger partial charge in [0.2, 0.25) is 0 Å². The Hall–Kier alpha value is -0.120. The van der Waals surface area contributed by atoms with Crippen molar-refractivity contribution in [1.29, 1.82) is 0 Å². The summed E-state index contributed by atoms with van der Waals surface area (Å²) in [6.45, 7) is 7.10. The van der Waals surface area contributed by atoms with E-state index in [2.05, 4.69) is 17.1 Å². The van der Waals surface area contributed by atoms with Gasteiger partial charge in [-0.15, -0.1) is 0 Å². The summed E-state index contributed by atoms with van der Waals surface area (Å²) >= 11 is 0. The molecule has 0 radical (unpaired) electrons. The smallest absolute Gasteiger partial charge is 0.0706 e. The summed E-state index contributed by atoms with van der Waals surface area (Å²) in [5.74, 6) is 0.946. The molecule has 17 heavy (non-hydrogen) atoms. The molecular weight excluding hydrogens is 212 g/mol. The predicted octanol–water partition coefficient (Wildman–Crippen LogP) is 1.88. The molecule has 0 amide bonds. The van der Waals surface area contributed by atoms with Crippen molar-refractivity contribution in [2.75, 3.05) is 33.2 Å². The van der Waals surface area contributed by atoms with Crippen molar-refractivity contribution in [3.8, 4) is 0 Å². The van der Waals surface area contributed by atoms with Crippen LogP contribution in [0.15, 0.2) is 0 Å². The van der Waals surface area contributed by atoms with Gasteiger partial charge in [-0.2, -0.15) is 0 Å². The molecule has 100 valence electrons. The van der Waals surface area contributed by atoms with E-state index in [4.69, 9.17) is 4.74 Å². The topological polar surface area (TPSA) is 24.5 Å². The van der Waals surface area contributed by atoms with Crippen LogP contribution in [0.4, 0.5) is 0 Å². The molecule has 1 N–H and O–H groups in total. The van der Waals surface area contributed by atoms with Crippen LogP contribution in [0.3, 0.4) is 0 Å². The molecule has 0 bridgehead atoms. The SMILES string of the molecule is CNCCC1CCN(CC2CCC(C)O2)CC1. The van der Waals surface area contributed by atoms with Crippen LogP contribution in [-0.2, 0) is 4.74 Å². The Labute approximate surface area is 106 Å². The number of hydrogen-bond donors (Lipinski definition) is 1. The largest absolute Gasteiger partial charge is 0.374 e. The molecule has 2 atom stereocenters. The maximum Gasteiger partial charge on any atom is 0.0706 e. The first kappa shape index (κ1) is 13.3. The van der Waals surface area contributed by atoms with Gasteiger partial charge in [0.05, 0.1) is 12.2 Å². The molecule has 0 aromatic rings. The Morgan fingerprint density at radius 2 is 1.94 bits per heavy atom. The number of piperidine rings is 1. The summed E-state index contributed by atoms with van der Waals surface area (Å²) in [4.78, 5) is 2.61. The van der Waals surface area contributed by atoms with Gasteiger partial charge < -0.3 is 15.0 Å². The highest BCUT2D eigenvalue weighted by atomic mass is 16.5. The van der Waals surface area contributed by atoms with E-state index in [1.165, 1.54) is 58.3 Å². The number of rotatable bonds is 5. The molecular formula is C14H28N2O. The van der Waals surface area contributed by atoms with E-state index in [1.54, 1.807) is 0 Å². The van der Waals surface area contributed by atoms with Gasteiger partial charge in [0.25, 0.3) is 0 Å². The van der Waals surface area contributed by atoms with Crippen molar-refractivity contribution in [3.63, 3.8) is 0 Å². The first-order chi connectivity index (χ1) is 8.28. The Bertz CT molecular complexity index is 214. The third-order valence-corrected chi connectivity index (χ3v) is 4.29. The summed E-state index contributed by atoms with van der Waals surface area (Å²) < 4.78 is 5.90. The molecule has 2 fully saturated rings. The molecule has 0 spiro atoms. The maximum atomic E-state index is 5.90. The zero-order valence-electron chi connectivity index (χ0n) is 11.5. The molecule has 2 heterocycles. The van der Waals surface area contributed by atoms with Gasteiger partial charge in [0, 0.05) is 6.54 Å². The highest BCUT2D eigenvalue weighted by Crippen LogP contribution is 2.24. The highest BCUT2D eigenvalue weighted by Gasteiger charge is 2.26. The molecule has 0 saturated carbocycles. The van der Waals surface area contributed by atoms with Crippen molar-refractivity contribution >= 4 is 0 Å². The third kappa shape index (κ3) is 4.23. The minimum absolute atomic E-state index is 0.494. The lowest BCUT2D eigenvalue weighted by Gasteiger charge is -2.33. The summed E-state index contributed by atoms with van der Waals surface area (Å²) in [5, 5.41) is 3.26. The lowest BCUT2D eigenvalue weighted by molar-refractivity contribution is 0.0236. The summed E-state index contributed by atoms with van der Waals surface area (Å²) in [5.41, 5.74) is 0. The normalized spacial score (nSPS) is 32.1. The van der Waals surface area contributed by atoms with Crippen LogP contribution in [0.25, 0.3) is 0 Å². The lowest BCUT2D eigenvalue weighted by atomic mass is 9.93. The van der Waals surface area contributed by atoms with Crippen LogP contribution in [0.5, 0.6) is 0 Å². The average Bonchev–Trinajstić information content (AvgIpc) is 2.74. The molecule has 2 unspecified atom stereocenters. The van der Waals surface area contributed by atoms with E-state index >= 15 is 0 Å². The molecule has 3 nitrogen and oxygen atoms in total. The zero-order valence-corrected chi connectivity index (χ0v) is 11.5. The van der Waals surface area contributed by atoms with Crippen LogP contribution in [0, 0.1) is 5.92 Å². The second-order valence-corrected chi connectivity index (χ2v) is 5.78. The molecule has 2 aliphatic heterocycles. The summed E-state index contributed by atoms with van der Waals surface area (Å²) in [7, 11) is 2.05. The molecule has 0 aliphatic carbocycles. The fourth-order valence-electron chi connectivity index (χ4n) is 3.11. The van der Waals surface area contributed by atoms with Gasteiger partial charge in [-0.3, -0.25) is 0 Å². The van der Waals surface area contributed by atoms with Crippen LogP contribution >= 0.6 is 0 Å². The van der Waals surface area contributed by atoms with E-state index in [1.807, 2.05) is 7.05 Å². The summed E-state index contributed by atoms with van der Waals surface area (Å²) in [6, 6.07) is 0. The lowest BCUT2D eigenvalue weighted by Crippen LogP contribution is -2.39. The number of ether oxygens (including phenoxy) is 1. The Balaban J connectivity index is 1.62. The van der Waals surface area contributed by atoms with Crippen molar-refractivity contribution in [2.45, 2.75) is 51.2 Å². The zero-order chi connectivity index (χ0) is 12.1. The maximum absolute atomic E-state index is 5.90. The van der Waals surface area contributed by atoms with Gasteiger partial charge in [0.15, 0.2) is 0 Å². The van der Waals surface area contributed by atoms with Crippen LogP contribution in [0.1, 0.15) is 39.0 Å². The van der Waals surface area contributed by atoms with E-state index in [0.717, 1.165) is 5.92 Å². The number of nitrogens with zero attached hydrogens (tertiary/aromatic N) is 1. The standard InChI is InChI=1S/C14H28N2O/c1-12-3-4-14(17-12)11-16-9-6-13(7-10-16)5-8-15-2/h12-15H,3-11H2,1-2H3. The van der Waals surface area contributed by atoms with E-state index in [-0.39, 0.29) is 0 Å². The number of likely N-dealkylation sites (tertiary alicyclic amines) is 1. The molecule has 2 saturated heterocycles. The first-order valence-corrected chi connectivity index (χ1v) is 7.30. The van der Waals surface area contributed by atoms with Crippen molar-refractivity contribution in [3.05, 3.63) is 0 Å². The molecule has 2 rings (SSSR count). The van der Waals surface area contributed by atoms with Crippen molar-refractivity contribution in [2.24, 2.45) is 5.92 Å². The molecule has 0 aromatic heterocycles. The third-order valence-electron chi connectivity index (χ3n) is 4.29. The van der Waals surface area contributed by atoms with E-state index < -0.39 is 0 Å². The second-order valence-electron chi connectivity index (χ2n) is 5.78. The van der Waals surface area contributed by atoms with Crippen LogP contribution in [0.2, 0.25) is 0 Å². The van der Waals surface area contributed by atoms with Gasteiger partial charge in [-0.05, 0) is 71.6 Å². The van der Waals surface area contributed by atoms with Gasteiger partial charge in [0.1, 0.15) is 0 Å². The minimum atomic E-state index is 0.494. The quantitative estimate of drug-likeness (QED) is 0.794. The summed E-state index contributed by atoms with van der Waals surface area (Å²) in [6.07, 6.45) is 7.63. The highest BCUT2D eigenvalue weighted by molar-refractivity contribution is 4.78. The van der Waals surface area contributed by atoms with Crippen LogP contribution < -0.4 is 5.32 Å². The van der Waals surface area contributed by atoms with Crippen molar-refractivity contribution in [1.82, 2.24) is 10.2 Å². The molecule has 2 aliphatic rings. The fraction of sp³-hybridized carbons (Fsp3) is 1.00. The monoisotopic (exact) mass is 240 g/mol. The average molecular weight is 240 g/mol. The van der Waals surface area contributed by atoms with Crippen LogP contribution in [-0.4, -0.2) is 50.3 Å². The predicted molar refractivity (Wildman–Crippen MR) is 71.3 cm³/mol. The molecule has 0 aromatic carbocycles.